The molecule has 1 unspecified atom stereocenters. The van der Waals surface area contributed by atoms with Crippen molar-refractivity contribution in [3.05, 3.63) is 69.7 Å². The summed E-state index contributed by atoms with van der Waals surface area (Å²) >= 11 is 6.05. The fourth-order valence-corrected chi connectivity index (χ4v) is 3.92. The lowest BCUT2D eigenvalue weighted by atomic mass is 9.98. The molecule has 2 heterocycles. The zero-order valence-electron chi connectivity index (χ0n) is 21.3. The molecule has 230 valence electrons. The first-order chi connectivity index (χ1) is 19.5. The van der Waals surface area contributed by atoms with E-state index in [9.17, 15) is 35.9 Å². The van der Waals surface area contributed by atoms with Crippen molar-refractivity contribution >= 4 is 35.4 Å². The van der Waals surface area contributed by atoms with Crippen molar-refractivity contribution in [1.29, 1.82) is 0 Å². The van der Waals surface area contributed by atoms with Gasteiger partial charge in [0, 0.05) is 24.7 Å². The lowest BCUT2D eigenvalue weighted by Crippen LogP contribution is -2.59. The molecule has 17 heteroatoms. The van der Waals surface area contributed by atoms with E-state index in [1.54, 1.807) is 17.0 Å². The Balaban J connectivity index is 0.000000367. The molecule has 0 saturated carbocycles. The molecule has 10 nitrogen and oxygen atoms in total. The molecule has 0 spiro atoms. The lowest BCUT2D eigenvalue weighted by molar-refractivity contribution is -0.193. The highest BCUT2D eigenvalue weighted by molar-refractivity contribution is 6.30. The number of ether oxygens (including phenoxy) is 1. The van der Waals surface area contributed by atoms with Crippen molar-refractivity contribution in [2.24, 2.45) is 5.73 Å². The molecule has 2 atom stereocenters. The molecule has 42 heavy (non-hydrogen) atoms. The maximum atomic E-state index is 12.9. The number of aliphatic carboxylic acids is 2. The molecule has 2 aliphatic rings. The average molecular weight is 628 g/mol. The second kappa shape index (κ2) is 14.3. The molecular weight excluding hydrogens is 604 g/mol. The van der Waals surface area contributed by atoms with Crippen LogP contribution in [0.3, 0.4) is 0 Å². The number of carbonyl (C=O) groups is 4. The van der Waals surface area contributed by atoms with Crippen LogP contribution in [0.4, 0.5) is 26.3 Å². The first kappa shape index (κ1) is 34.3. The highest BCUT2D eigenvalue weighted by atomic mass is 35.5. The van der Waals surface area contributed by atoms with Crippen molar-refractivity contribution in [2.75, 3.05) is 6.54 Å². The fourth-order valence-electron chi connectivity index (χ4n) is 3.72. The summed E-state index contributed by atoms with van der Waals surface area (Å²) in [5.74, 6) is -5.84. The number of hydrogen-bond donors (Lipinski definition) is 4. The molecule has 1 fully saturated rings. The van der Waals surface area contributed by atoms with Crippen LogP contribution < -0.4 is 11.1 Å². The summed E-state index contributed by atoms with van der Waals surface area (Å²) in [5.41, 5.74) is 9.49. The van der Waals surface area contributed by atoms with Gasteiger partial charge in [0.2, 0.25) is 5.91 Å². The van der Waals surface area contributed by atoms with Crippen molar-refractivity contribution in [3.8, 4) is 0 Å². The first-order valence-electron chi connectivity index (χ1n) is 11.8. The number of benzene rings is 2. The number of nitrogens with two attached hydrogens (primary N) is 1. The average Bonchev–Trinajstić information content (AvgIpc) is 3.31. The summed E-state index contributed by atoms with van der Waals surface area (Å²) in [4.78, 5) is 45.0. The quantitative estimate of drug-likeness (QED) is 0.366. The zero-order chi connectivity index (χ0) is 31.8. The van der Waals surface area contributed by atoms with E-state index >= 15 is 0 Å². The number of nitrogens with zero attached hydrogens (tertiary/aromatic N) is 1. The Morgan fingerprint density at radius 3 is 2.05 bits per heavy atom. The topological polar surface area (TPSA) is 159 Å². The van der Waals surface area contributed by atoms with Gasteiger partial charge in [-0.1, -0.05) is 41.9 Å². The van der Waals surface area contributed by atoms with Gasteiger partial charge in [-0.25, -0.2) is 9.59 Å². The van der Waals surface area contributed by atoms with E-state index in [1.165, 1.54) is 0 Å². The van der Waals surface area contributed by atoms with Gasteiger partial charge in [-0.15, -0.1) is 0 Å². The summed E-state index contributed by atoms with van der Waals surface area (Å²) in [6.45, 7) is 1.68. The normalized spacial score (nSPS) is 17.4. The Morgan fingerprint density at radius 2 is 1.55 bits per heavy atom. The van der Waals surface area contributed by atoms with Crippen LogP contribution in [0.5, 0.6) is 0 Å². The SMILES string of the molecule is NCc1ccc(Cl)cc1CNC(=O)[C@@H]1CCN1C(=O)C1OCc2ccccc21.O=C(O)C(F)(F)F.O=C(O)C(F)(F)F. The molecule has 0 aromatic heterocycles. The molecule has 2 aliphatic heterocycles. The van der Waals surface area contributed by atoms with E-state index in [4.69, 9.17) is 41.9 Å². The largest absolute Gasteiger partial charge is 0.490 e. The Kier molecular flexibility index (Phi) is 11.7. The number of rotatable bonds is 5. The van der Waals surface area contributed by atoms with Crippen LogP contribution in [0.1, 0.15) is 34.8 Å². The molecule has 2 aromatic rings. The van der Waals surface area contributed by atoms with Gasteiger partial charge in [-0.3, -0.25) is 9.59 Å². The Morgan fingerprint density at radius 1 is 0.976 bits per heavy atom. The molecule has 0 radical (unpaired) electrons. The van der Waals surface area contributed by atoms with E-state index in [-0.39, 0.29) is 11.8 Å². The molecule has 1 saturated heterocycles. The van der Waals surface area contributed by atoms with Gasteiger partial charge in [0.15, 0.2) is 6.10 Å². The van der Waals surface area contributed by atoms with Crippen LogP contribution >= 0.6 is 11.6 Å². The third-order valence-electron chi connectivity index (χ3n) is 5.90. The third-order valence-corrected chi connectivity index (χ3v) is 6.13. The number of alkyl halides is 6. The summed E-state index contributed by atoms with van der Waals surface area (Å²) in [7, 11) is 0. The highest BCUT2D eigenvalue weighted by Crippen LogP contribution is 2.34. The number of likely N-dealkylation sites (tertiary alicyclic amines) is 1. The summed E-state index contributed by atoms with van der Waals surface area (Å²) in [5, 5.41) is 17.8. The maximum Gasteiger partial charge on any atom is 0.490 e. The Bertz CT molecular complexity index is 1280. The Labute approximate surface area is 239 Å². The predicted octanol–water partition coefficient (Wildman–Crippen LogP) is 3.55. The van der Waals surface area contributed by atoms with Gasteiger partial charge in [0.1, 0.15) is 6.04 Å². The van der Waals surface area contributed by atoms with Crippen molar-refractivity contribution in [1.82, 2.24) is 10.2 Å². The highest BCUT2D eigenvalue weighted by Gasteiger charge is 2.43. The fraction of sp³-hybridized carbons (Fsp3) is 0.360. The van der Waals surface area contributed by atoms with Crippen LogP contribution in [-0.4, -0.2) is 63.8 Å². The van der Waals surface area contributed by atoms with Crippen LogP contribution in [0.2, 0.25) is 5.02 Å². The van der Waals surface area contributed by atoms with E-state index < -0.39 is 36.4 Å². The number of carbonyl (C=O) groups excluding carboxylic acids is 2. The second-order valence-corrected chi connectivity index (χ2v) is 9.10. The summed E-state index contributed by atoms with van der Waals surface area (Å²) < 4.78 is 69.2. The van der Waals surface area contributed by atoms with Crippen molar-refractivity contribution in [3.63, 3.8) is 0 Å². The number of carboxylic acid groups (broad SMARTS) is 2. The molecule has 0 bridgehead atoms. The van der Waals surface area contributed by atoms with E-state index in [0.29, 0.717) is 37.7 Å². The van der Waals surface area contributed by atoms with Gasteiger partial charge in [-0.05, 0) is 40.8 Å². The van der Waals surface area contributed by atoms with E-state index in [2.05, 4.69) is 5.32 Å². The van der Waals surface area contributed by atoms with E-state index in [0.717, 1.165) is 22.3 Å². The predicted molar refractivity (Wildman–Crippen MR) is 133 cm³/mol. The minimum Gasteiger partial charge on any atom is -0.475 e. The minimum atomic E-state index is -5.08. The molecule has 4 rings (SSSR count). The molecule has 5 N–H and O–H groups in total. The van der Waals surface area contributed by atoms with E-state index in [1.807, 2.05) is 30.3 Å². The molecule has 2 amide bonds. The van der Waals surface area contributed by atoms with Crippen LogP contribution in [0, 0.1) is 0 Å². The number of carboxylic acids is 2. The Hall–Kier alpha value is -3.89. The smallest absolute Gasteiger partial charge is 0.475 e. The van der Waals surface area contributed by atoms with Gasteiger partial charge < -0.3 is 30.9 Å². The number of hydrogen-bond acceptors (Lipinski definition) is 6. The monoisotopic (exact) mass is 627 g/mol. The maximum absolute atomic E-state index is 12.9. The minimum absolute atomic E-state index is 0.151. The van der Waals surface area contributed by atoms with Crippen LogP contribution in [0.15, 0.2) is 42.5 Å². The first-order valence-corrected chi connectivity index (χ1v) is 12.2. The van der Waals surface area contributed by atoms with Gasteiger partial charge >= 0.3 is 24.3 Å². The number of nitrogens with one attached hydrogen (secondary N) is 1. The number of amides is 2. The van der Waals surface area contributed by atoms with Gasteiger partial charge in [0.25, 0.3) is 5.91 Å². The number of fused-ring (bicyclic) bond motifs is 1. The zero-order valence-corrected chi connectivity index (χ0v) is 22.1. The molecule has 2 aromatic carbocycles. The van der Waals surface area contributed by atoms with Crippen LogP contribution in [0.25, 0.3) is 0 Å². The second-order valence-electron chi connectivity index (χ2n) is 8.67. The lowest BCUT2D eigenvalue weighted by Gasteiger charge is -2.41. The number of halogens is 7. The van der Waals surface area contributed by atoms with Crippen molar-refractivity contribution in [2.45, 2.75) is 50.6 Å². The van der Waals surface area contributed by atoms with Gasteiger partial charge in [-0.2, -0.15) is 26.3 Å². The summed E-state index contributed by atoms with van der Waals surface area (Å²) in [6, 6.07) is 12.7. The molecular formula is C25H24ClF6N3O7. The standard InChI is InChI=1S/C21H22ClN3O3.2C2HF3O2/c22-16-6-5-13(10-23)15(9-16)11-24-20(26)18-7-8-25(18)21(27)19-17-4-2-1-3-14(17)12-28-19;2*3-2(4,5)1(6)7/h1-6,9,18-19H,7-8,10-12,23H2,(H,24,26);2*(H,6,7)/t18-,19?;;/m0../s1. The summed E-state index contributed by atoms with van der Waals surface area (Å²) in [6.07, 6.45) is -10.1. The van der Waals surface area contributed by atoms with Crippen molar-refractivity contribution < 1.29 is 60.5 Å². The van der Waals surface area contributed by atoms with Crippen LogP contribution in [-0.2, 0) is 43.6 Å². The van der Waals surface area contributed by atoms with Gasteiger partial charge in [0.05, 0.1) is 6.61 Å². The molecule has 0 aliphatic carbocycles. The third kappa shape index (κ3) is 9.32.